The molecule has 0 spiro atoms. The molecule has 0 aromatic heterocycles. The van der Waals surface area contributed by atoms with Crippen LogP contribution in [0.4, 0.5) is 0 Å². The predicted octanol–water partition coefficient (Wildman–Crippen LogP) is 4.01. The Kier molecular flexibility index (Phi) is 6.44. The number of aliphatic carboxylic acids is 1. The minimum atomic E-state index is -1.04. The highest BCUT2D eigenvalue weighted by Crippen LogP contribution is 2.18. The molecule has 0 aliphatic carbocycles. The maximum atomic E-state index is 13.3. The lowest BCUT2D eigenvalue weighted by Crippen LogP contribution is -2.46. The first-order chi connectivity index (χ1) is 14.1. The van der Waals surface area contributed by atoms with Crippen molar-refractivity contribution in [1.29, 1.82) is 0 Å². The average molecular weight is 383 g/mol. The molecule has 144 valence electrons. The highest BCUT2D eigenvalue weighted by atomic mass is 16.4. The van der Waals surface area contributed by atoms with E-state index in [0.717, 1.165) is 11.1 Å². The van der Waals surface area contributed by atoms with Crippen LogP contribution in [0.25, 0.3) is 0 Å². The van der Waals surface area contributed by atoms with E-state index in [1.165, 1.54) is 4.90 Å². The van der Waals surface area contributed by atoms with Crippen molar-refractivity contribution in [1.82, 2.24) is 4.90 Å². The molecular weight excluding hydrogens is 362 g/mol. The van der Waals surface area contributed by atoms with Gasteiger partial charge in [-0.05, 0) is 35.4 Å². The van der Waals surface area contributed by atoms with Crippen LogP contribution in [0.2, 0.25) is 0 Å². The van der Waals surface area contributed by atoms with Gasteiger partial charge in [-0.25, -0.2) is 4.79 Å². The van der Waals surface area contributed by atoms with Crippen LogP contribution in [0, 0.1) is 12.3 Å². The summed E-state index contributed by atoms with van der Waals surface area (Å²) < 4.78 is 0. The number of hydrogen-bond acceptors (Lipinski definition) is 2. The minimum Gasteiger partial charge on any atom is -0.480 e. The van der Waals surface area contributed by atoms with Crippen LogP contribution in [-0.2, 0) is 17.8 Å². The highest BCUT2D eigenvalue weighted by molar-refractivity contribution is 5.96. The van der Waals surface area contributed by atoms with Crippen LogP contribution >= 0.6 is 0 Å². The molecule has 0 unspecified atom stereocenters. The van der Waals surface area contributed by atoms with E-state index < -0.39 is 12.0 Å². The molecule has 0 bridgehead atoms. The number of nitrogens with zero attached hydrogens (tertiary/aromatic N) is 1. The van der Waals surface area contributed by atoms with Crippen LogP contribution in [0.1, 0.15) is 27.0 Å². The zero-order valence-electron chi connectivity index (χ0n) is 15.9. The van der Waals surface area contributed by atoms with Gasteiger partial charge in [0.25, 0.3) is 5.91 Å². The number of carbonyl (C=O) groups is 2. The summed E-state index contributed by atoms with van der Waals surface area (Å²) in [5, 5.41) is 9.94. The second-order valence-corrected chi connectivity index (χ2v) is 6.68. The number of amides is 1. The maximum absolute atomic E-state index is 13.3. The fourth-order valence-electron chi connectivity index (χ4n) is 3.15. The van der Waals surface area contributed by atoms with E-state index in [1.807, 2.05) is 60.7 Å². The van der Waals surface area contributed by atoms with Gasteiger partial charge in [-0.1, -0.05) is 66.6 Å². The van der Waals surface area contributed by atoms with Crippen molar-refractivity contribution < 1.29 is 14.7 Å². The molecule has 0 radical (unpaired) electrons. The summed E-state index contributed by atoms with van der Waals surface area (Å²) in [7, 11) is 0. The third-order valence-electron chi connectivity index (χ3n) is 4.69. The summed E-state index contributed by atoms with van der Waals surface area (Å²) in [6, 6.07) is 24.3. The van der Waals surface area contributed by atoms with Crippen molar-refractivity contribution in [2.45, 2.75) is 19.0 Å². The lowest BCUT2D eigenvalue weighted by molar-refractivity contribution is -0.142. The van der Waals surface area contributed by atoms with Crippen molar-refractivity contribution in [3.8, 4) is 12.3 Å². The first kappa shape index (κ1) is 19.9. The third-order valence-corrected chi connectivity index (χ3v) is 4.69. The summed E-state index contributed by atoms with van der Waals surface area (Å²) in [4.78, 5) is 26.9. The van der Waals surface area contributed by atoms with Crippen LogP contribution in [0.5, 0.6) is 0 Å². The van der Waals surface area contributed by atoms with Gasteiger partial charge in [-0.15, -0.1) is 6.42 Å². The molecule has 0 aliphatic heterocycles. The highest BCUT2D eigenvalue weighted by Gasteiger charge is 2.30. The molecule has 3 aromatic rings. The first-order valence-corrected chi connectivity index (χ1v) is 9.27. The standard InChI is InChI=1S/C25H21NO3/c1-2-19-13-15-22(16-14-19)24(27)26(18-21-11-7-4-8-12-21)23(25(28)29)17-20-9-5-3-6-10-20/h1,3-16,23H,17-18H2,(H,28,29)/t23-/m0/s1. The number of benzene rings is 3. The van der Waals surface area contributed by atoms with Gasteiger partial charge in [0.1, 0.15) is 6.04 Å². The van der Waals surface area contributed by atoms with Gasteiger partial charge in [0.2, 0.25) is 0 Å². The van der Waals surface area contributed by atoms with E-state index in [9.17, 15) is 14.7 Å². The molecule has 4 nitrogen and oxygen atoms in total. The number of carbonyl (C=O) groups excluding carboxylic acids is 1. The Morgan fingerprint density at radius 3 is 1.93 bits per heavy atom. The third kappa shape index (κ3) is 5.12. The number of terminal acetylenes is 1. The van der Waals surface area contributed by atoms with Crippen molar-refractivity contribution in [3.63, 3.8) is 0 Å². The molecule has 1 N–H and O–H groups in total. The fraction of sp³-hybridized carbons (Fsp3) is 0.120. The minimum absolute atomic E-state index is 0.195. The molecule has 1 amide bonds. The molecule has 29 heavy (non-hydrogen) atoms. The molecule has 0 heterocycles. The molecule has 1 atom stereocenters. The first-order valence-electron chi connectivity index (χ1n) is 9.27. The van der Waals surface area contributed by atoms with E-state index >= 15 is 0 Å². The normalized spacial score (nSPS) is 11.3. The van der Waals surface area contributed by atoms with Gasteiger partial charge in [0.15, 0.2) is 0 Å². The second kappa shape index (κ2) is 9.38. The maximum Gasteiger partial charge on any atom is 0.326 e. The van der Waals surface area contributed by atoms with Crippen molar-refractivity contribution in [3.05, 3.63) is 107 Å². The average Bonchev–Trinajstić information content (AvgIpc) is 2.77. The zero-order chi connectivity index (χ0) is 20.6. The molecule has 0 aliphatic rings. The van der Waals surface area contributed by atoms with Gasteiger partial charge in [-0.2, -0.15) is 0 Å². The van der Waals surface area contributed by atoms with Crippen LogP contribution in [0.15, 0.2) is 84.9 Å². The summed E-state index contributed by atoms with van der Waals surface area (Å²) in [5.74, 6) is 1.13. The van der Waals surface area contributed by atoms with Crippen molar-refractivity contribution in [2.75, 3.05) is 0 Å². The topological polar surface area (TPSA) is 57.6 Å². The SMILES string of the molecule is C#Cc1ccc(C(=O)N(Cc2ccccc2)[C@@H](Cc2ccccc2)C(=O)O)cc1. The summed E-state index contributed by atoms with van der Waals surface area (Å²) >= 11 is 0. The molecule has 0 saturated carbocycles. The smallest absolute Gasteiger partial charge is 0.326 e. The second-order valence-electron chi connectivity index (χ2n) is 6.68. The molecule has 3 aromatic carbocycles. The lowest BCUT2D eigenvalue weighted by atomic mass is 10.0. The summed E-state index contributed by atoms with van der Waals surface area (Å²) in [6.07, 6.45) is 5.61. The number of hydrogen-bond donors (Lipinski definition) is 1. The van der Waals surface area contributed by atoms with Gasteiger partial charge in [-0.3, -0.25) is 4.79 Å². The van der Waals surface area contributed by atoms with Crippen LogP contribution in [-0.4, -0.2) is 27.9 Å². The molecular formula is C25H21NO3. The van der Waals surface area contributed by atoms with Gasteiger partial charge >= 0.3 is 5.97 Å². The van der Waals surface area contributed by atoms with Gasteiger partial charge in [0, 0.05) is 24.1 Å². The number of carboxylic acid groups (broad SMARTS) is 1. The van der Waals surface area contributed by atoms with Gasteiger partial charge in [0.05, 0.1) is 0 Å². The Balaban J connectivity index is 1.96. The largest absolute Gasteiger partial charge is 0.480 e. The zero-order valence-corrected chi connectivity index (χ0v) is 15.9. The monoisotopic (exact) mass is 383 g/mol. The fourth-order valence-corrected chi connectivity index (χ4v) is 3.15. The Labute approximate surface area is 170 Å². The molecule has 0 saturated heterocycles. The number of carboxylic acids is 1. The van der Waals surface area contributed by atoms with Crippen LogP contribution in [0.3, 0.4) is 0 Å². The summed E-state index contributed by atoms with van der Waals surface area (Å²) in [5.41, 5.74) is 2.78. The number of rotatable bonds is 7. The Morgan fingerprint density at radius 1 is 0.862 bits per heavy atom. The van der Waals surface area contributed by atoms with E-state index in [2.05, 4.69) is 5.92 Å². The van der Waals surface area contributed by atoms with E-state index in [-0.39, 0.29) is 18.9 Å². The molecule has 0 fully saturated rings. The Hall–Kier alpha value is -3.84. The lowest BCUT2D eigenvalue weighted by Gasteiger charge is -2.29. The molecule has 3 rings (SSSR count). The van der Waals surface area contributed by atoms with Gasteiger partial charge < -0.3 is 10.0 Å². The van der Waals surface area contributed by atoms with Crippen molar-refractivity contribution in [2.24, 2.45) is 0 Å². The van der Waals surface area contributed by atoms with Crippen molar-refractivity contribution >= 4 is 11.9 Å². The predicted molar refractivity (Wildman–Crippen MR) is 112 cm³/mol. The Morgan fingerprint density at radius 2 is 1.41 bits per heavy atom. The molecule has 4 heteroatoms. The summed E-state index contributed by atoms with van der Waals surface area (Å²) in [6.45, 7) is 0.195. The van der Waals surface area contributed by atoms with Crippen LogP contribution < -0.4 is 0 Å². The quantitative estimate of drug-likeness (QED) is 0.627. The van der Waals surface area contributed by atoms with E-state index in [1.54, 1.807) is 24.3 Å². The van der Waals surface area contributed by atoms with E-state index in [4.69, 9.17) is 6.42 Å². The Bertz CT molecular complexity index is 1010. The van der Waals surface area contributed by atoms with E-state index in [0.29, 0.717) is 11.1 Å².